The molecule has 0 bridgehead atoms. The molecule has 2 fully saturated rings. The van der Waals surface area contributed by atoms with Crippen molar-refractivity contribution in [2.45, 2.75) is 51.4 Å². The molecule has 1 aliphatic carbocycles. The van der Waals surface area contributed by atoms with Gasteiger partial charge in [-0.25, -0.2) is 0 Å². The average molecular weight is 366 g/mol. The topological polar surface area (TPSA) is 65.2 Å². The van der Waals surface area contributed by atoms with Crippen molar-refractivity contribution < 1.29 is 4.79 Å². The Morgan fingerprint density at radius 3 is 2.56 bits per heavy atom. The van der Waals surface area contributed by atoms with Crippen LogP contribution in [-0.2, 0) is 12.8 Å². The van der Waals surface area contributed by atoms with Gasteiger partial charge in [0.1, 0.15) is 5.56 Å². The third-order valence-corrected chi connectivity index (χ3v) is 6.26. The van der Waals surface area contributed by atoms with Crippen LogP contribution >= 0.6 is 12.4 Å². The van der Waals surface area contributed by atoms with E-state index in [1.165, 1.54) is 18.4 Å². The summed E-state index contributed by atoms with van der Waals surface area (Å²) in [5.74, 6) is -0.0795. The molecular weight excluding hydrogens is 338 g/mol. The minimum atomic E-state index is -0.205. The highest BCUT2D eigenvalue weighted by atomic mass is 35.5. The molecular formula is C19H28ClN3O2. The largest absolute Gasteiger partial charge is 0.338 e. The molecule has 3 aliphatic rings. The fourth-order valence-corrected chi connectivity index (χ4v) is 4.59. The summed E-state index contributed by atoms with van der Waals surface area (Å²) >= 11 is 0. The maximum absolute atomic E-state index is 12.9. The molecule has 0 radical (unpaired) electrons. The van der Waals surface area contributed by atoms with Crippen LogP contribution in [0.15, 0.2) is 10.9 Å². The number of hydrogen-bond donors (Lipinski definition) is 2. The Morgan fingerprint density at radius 2 is 1.84 bits per heavy atom. The van der Waals surface area contributed by atoms with E-state index in [4.69, 9.17) is 0 Å². The van der Waals surface area contributed by atoms with Gasteiger partial charge in [-0.1, -0.05) is 6.42 Å². The number of likely N-dealkylation sites (tertiary alicyclic amines) is 1. The Bertz CT molecular complexity index is 684. The summed E-state index contributed by atoms with van der Waals surface area (Å²) in [6.07, 6.45) is 8.68. The molecule has 1 amide bonds. The van der Waals surface area contributed by atoms with Crippen LogP contribution in [0.1, 0.15) is 60.1 Å². The van der Waals surface area contributed by atoms with Crippen molar-refractivity contribution in [3.8, 4) is 0 Å². The highest BCUT2D eigenvalue weighted by Crippen LogP contribution is 2.37. The number of pyridine rings is 1. The van der Waals surface area contributed by atoms with E-state index in [0.717, 1.165) is 70.4 Å². The van der Waals surface area contributed by atoms with Crippen LogP contribution in [0.25, 0.3) is 0 Å². The van der Waals surface area contributed by atoms with E-state index < -0.39 is 0 Å². The highest BCUT2D eigenvalue weighted by Gasteiger charge is 2.38. The van der Waals surface area contributed by atoms with Gasteiger partial charge in [-0.05, 0) is 68.5 Å². The standard InChI is InChI=1S/C19H27N3O2.ClH/c23-17-15(12-14-4-2-1-3-5-16(14)21-17)18(24)22-10-7-19(8-11-22)6-9-20-13-19;/h12,20H,1-11,13H2,(H,21,23);1H. The van der Waals surface area contributed by atoms with Crippen LogP contribution in [0.2, 0.25) is 0 Å². The SMILES string of the molecule is Cl.O=C(c1cc2c([nH]c1=O)CCCCC2)N1CCC2(CCNC2)CC1. The van der Waals surface area contributed by atoms with E-state index in [1.807, 2.05) is 11.0 Å². The number of nitrogens with zero attached hydrogens (tertiary/aromatic N) is 1. The molecule has 1 spiro atoms. The number of aromatic nitrogens is 1. The maximum atomic E-state index is 12.9. The first-order chi connectivity index (χ1) is 11.7. The number of aryl methyl sites for hydroxylation is 2. The van der Waals surface area contributed by atoms with Crippen LogP contribution in [0, 0.1) is 5.41 Å². The third kappa shape index (κ3) is 3.63. The number of halogens is 1. The van der Waals surface area contributed by atoms with E-state index in [2.05, 4.69) is 10.3 Å². The molecule has 2 aliphatic heterocycles. The molecule has 0 atom stereocenters. The predicted octanol–water partition coefficient (Wildman–Crippen LogP) is 2.28. The van der Waals surface area contributed by atoms with Gasteiger partial charge >= 0.3 is 0 Å². The van der Waals surface area contributed by atoms with Crippen molar-refractivity contribution in [3.05, 3.63) is 33.2 Å². The quantitative estimate of drug-likeness (QED) is 0.750. The second-order valence-corrected chi connectivity index (χ2v) is 7.80. The molecule has 3 heterocycles. The minimum absolute atomic E-state index is 0. The molecule has 138 valence electrons. The van der Waals surface area contributed by atoms with Crippen molar-refractivity contribution in [3.63, 3.8) is 0 Å². The Morgan fingerprint density at radius 1 is 1.08 bits per heavy atom. The second kappa shape index (κ2) is 7.50. The third-order valence-electron chi connectivity index (χ3n) is 6.26. The maximum Gasteiger partial charge on any atom is 0.261 e. The molecule has 4 rings (SSSR count). The van der Waals surface area contributed by atoms with Gasteiger partial charge in [0.25, 0.3) is 11.5 Å². The van der Waals surface area contributed by atoms with Crippen molar-refractivity contribution >= 4 is 18.3 Å². The number of carbonyl (C=O) groups is 1. The molecule has 1 aromatic heterocycles. The summed E-state index contributed by atoms with van der Waals surface area (Å²) in [6.45, 7) is 3.72. The van der Waals surface area contributed by atoms with Crippen LogP contribution in [-0.4, -0.2) is 42.0 Å². The Hall–Kier alpha value is -1.33. The molecule has 0 aromatic carbocycles. The second-order valence-electron chi connectivity index (χ2n) is 7.80. The Kier molecular flexibility index (Phi) is 5.54. The summed E-state index contributed by atoms with van der Waals surface area (Å²) in [6, 6.07) is 1.88. The lowest BCUT2D eigenvalue weighted by molar-refractivity contribution is 0.0606. The zero-order valence-electron chi connectivity index (χ0n) is 14.7. The van der Waals surface area contributed by atoms with Gasteiger partial charge < -0.3 is 15.2 Å². The van der Waals surface area contributed by atoms with Gasteiger partial charge in [0, 0.05) is 25.3 Å². The zero-order valence-corrected chi connectivity index (χ0v) is 15.6. The lowest BCUT2D eigenvalue weighted by atomic mass is 9.78. The first-order valence-electron chi connectivity index (χ1n) is 9.42. The van der Waals surface area contributed by atoms with E-state index in [9.17, 15) is 9.59 Å². The number of nitrogens with one attached hydrogen (secondary N) is 2. The van der Waals surface area contributed by atoms with Crippen LogP contribution < -0.4 is 10.9 Å². The van der Waals surface area contributed by atoms with Crippen molar-refractivity contribution in [1.82, 2.24) is 15.2 Å². The average Bonchev–Trinajstić information content (AvgIpc) is 2.91. The van der Waals surface area contributed by atoms with Gasteiger partial charge in [0.05, 0.1) is 0 Å². The van der Waals surface area contributed by atoms with Crippen molar-refractivity contribution in [2.75, 3.05) is 26.2 Å². The molecule has 0 unspecified atom stereocenters. The number of carbonyl (C=O) groups excluding carboxylic acids is 1. The van der Waals surface area contributed by atoms with E-state index in [-0.39, 0.29) is 23.9 Å². The molecule has 2 saturated heterocycles. The number of rotatable bonds is 1. The highest BCUT2D eigenvalue weighted by molar-refractivity contribution is 5.94. The Balaban J connectivity index is 0.00000182. The van der Waals surface area contributed by atoms with Crippen molar-refractivity contribution in [2.24, 2.45) is 5.41 Å². The smallest absolute Gasteiger partial charge is 0.261 e. The predicted molar refractivity (Wildman–Crippen MR) is 101 cm³/mol. The molecule has 6 heteroatoms. The van der Waals surface area contributed by atoms with E-state index >= 15 is 0 Å². The van der Waals surface area contributed by atoms with E-state index in [0.29, 0.717) is 11.0 Å². The minimum Gasteiger partial charge on any atom is -0.338 e. The molecule has 1 aromatic rings. The van der Waals surface area contributed by atoms with Gasteiger partial charge in [-0.2, -0.15) is 0 Å². The van der Waals surface area contributed by atoms with Gasteiger partial charge in [-0.15, -0.1) is 12.4 Å². The summed E-state index contributed by atoms with van der Waals surface area (Å²) in [5.41, 5.74) is 2.74. The van der Waals surface area contributed by atoms with Gasteiger partial charge in [0.2, 0.25) is 0 Å². The monoisotopic (exact) mass is 365 g/mol. The normalized spacial score (nSPS) is 22.2. The van der Waals surface area contributed by atoms with Crippen LogP contribution in [0.5, 0.6) is 0 Å². The molecule has 0 saturated carbocycles. The summed E-state index contributed by atoms with van der Waals surface area (Å²) < 4.78 is 0. The first-order valence-corrected chi connectivity index (χ1v) is 9.42. The number of H-pyrrole nitrogens is 1. The fourth-order valence-electron chi connectivity index (χ4n) is 4.59. The summed E-state index contributed by atoms with van der Waals surface area (Å²) in [5, 5.41) is 3.45. The molecule has 5 nitrogen and oxygen atoms in total. The molecule has 2 N–H and O–H groups in total. The van der Waals surface area contributed by atoms with Gasteiger partial charge in [-0.3, -0.25) is 9.59 Å². The van der Waals surface area contributed by atoms with E-state index in [1.54, 1.807) is 0 Å². The van der Waals surface area contributed by atoms with Gasteiger partial charge in [0.15, 0.2) is 0 Å². The first kappa shape index (κ1) is 18.5. The Labute approximate surface area is 155 Å². The summed E-state index contributed by atoms with van der Waals surface area (Å²) in [4.78, 5) is 30.2. The number of hydrogen-bond acceptors (Lipinski definition) is 3. The lowest BCUT2D eigenvalue weighted by Gasteiger charge is -2.38. The van der Waals surface area contributed by atoms with Crippen molar-refractivity contribution in [1.29, 1.82) is 0 Å². The number of piperidine rings is 1. The van der Waals surface area contributed by atoms with Crippen LogP contribution in [0.4, 0.5) is 0 Å². The zero-order chi connectivity index (χ0) is 16.6. The number of fused-ring (bicyclic) bond motifs is 1. The number of aromatic amines is 1. The number of amides is 1. The fraction of sp³-hybridized carbons (Fsp3) is 0.684. The summed E-state index contributed by atoms with van der Waals surface area (Å²) in [7, 11) is 0. The molecule has 25 heavy (non-hydrogen) atoms. The van der Waals surface area contributed by atoms with Crippen LogP contribution in [0.3, 0.4) is 0 Å². The lowest BCUT2D eigenvalue weighted by Crippen LogP contribution is -2.45.